The molecule has 0 spiro atoms. The third-order valence-electron chi connectivity index (χ3n) is 1.95. The summed E-state index contributed by atoms with van der Waals surface area (Å²) in [6.07, 6.45) is 0.242. The Labute approximate surface area is 85.6 Å². The lowest BCUT2D eigenvalue weighted by Gasteiger charge is -2.11. The zero-order valence-corrected chi connectivity index (χ0v) is 8.69. The van der Waals surface area contributed by atoms with Crippen molar-refractivity contribution in [2.75, 3.05) is 0 Å². The van der Waals surface area contributed by atoms with Crippen LogP contribution in [-0.4, -0.2) is 13.9 Å². The van der Waals surface area contributed by atoms with Gasteiger partial charge in [-0.05, 0) is 18.1 Å². The summed E-state index contributed by atoms with van der Waals surface area (Å²) in [4.78, 5) is -0.653. The van der Waals surface area contributed by atoms with Crippen molar-refractivity contribution in [2.24, 2.45) is 0 Å². The molecule has 0 saturated carbocycles. The molecule has 0 atom stereocenters. The summed E-state index contributed by atoms with van der Waals surface area (Å²) in [5.41, 5.74) is -5.06. The summed E-state index contributed by atoms with van der Waals surface area (Å²) in [5.74, 6) is 0. The third kappa shape index (κ3) is 2.14. The van der Waals surface area contributed by atoms with Crippen LogP contribution in [0.1, 0.15) is 12.5 Å². The minimum absolute atomic E-state index is 0.176. The van der Waals surface area contributed by atoms with Gasteiger partial charge in [-0.2, -0.15) is 13.2 Å². The smallest absolute Gasteiger partial charge is 0.214 e. The fourth-order valence-corrected chi connectivity index (χ4v) is 2.25. The zero-order chi connectivity index (χ0) is 11.7. The highest BCUT2D eigenvalue weighted by Gasteiger charge is 2.47. The Morgan fingerprint density at radius 3 is 2.20 bits per heavy atom. The normalized spacial score (nSPS) is 12.8. The number of hydrogen-bond acceptors (Lipinski definition) is 2. The van der Waals surface area contributed by atoms with Crippen LogP contribution >= 0.6 is 0 Å². The van der Waals surface area contributed by atoms with Gasteiger partial charge in [-0.25, -0.2) is 8.42 Å². The van der Waals surface area contributed by atoms with Crippen LogP contribution < -0.4 is 0 Å². The summed E-state index contributed by atoms with van der Waals surface area (Å²) < 4.78 is 59.0. The van der Waals surface area contributed by atoms with Gasteiger partial charge in [0.2, 0.25) is 0 Å². The van der Waals surface area contributed by atoms with Gasteiger partial charge >= 0.3 is 5.51 Å². The average Bonchev–Trinajstić information content (AvgIpc) is 2.16. The van der Waals surface area contributed by atoms with E-state index in [1.807, 2.05) is 0 Å². The molecule has 0 fully saturated rings. The standard InChI is InChI=1S/C9H9F3O2S/c1-2-7-5-3-4-6-8(7)15(13,14)9(10,11)12/h3-6H,2H2,1H3. The van der Waals surface area contributed by atoms with Gasteiger partial charge in [-0.1, -0.05) is 25.1 Å². The molecule has 2 nitrogen and oxygen atoms in total. The van der Waals surface area contributed by atoms with Gasteiger partial charge in [0.25, 0.3) is 9.84 Å². The Hall–Kier alpha value is -1.04. The molecular weight excluding hydrogens is 229 g/mol. The Bertz CT molecular complexity index is 449. The van der Waals surface area contributed by atoms with Gasteiger partial charge in [0, 0.05) is 0 Å². The largest absolute Gasteiger partial charge is 0.501 e. The molecule has 0 aliphatic rings. The second-order valence-corrected chi connectivity index (χ2v) is 4.82. The molecule has 15 heavy (non-hydrogen) atoms. The molecule has 1 aromatic rings. The minimum Gasteiger partial charge on any atom is -0.214 e. The van der Waals surface area contributed by atoms with Crippen molar-refractivity contribution in [3.05, 3.63) is 29.8 Å². The number of halogens is 3. The van der Waals surface area contributed by atoms with Crippen LogP contribution in [0.3, 0.4) is 0 Å². The molecule has 0 aromatic heterocycles. The summed E-state index contributed by atoms with van der Waals surface area (Å²) in [7, 11) is -5.22. The molecule has 6 heteroatoms. The lowest BCUT2D eigenvalue weighted by atomic mass is 10.2. The Balaban J connectivity index is 3.41. The van der Waals surface area contributed by atoms with Gasteiger partial charge in [-0.3, -0.25) is 0 Å². The van der Waals surface area contributed by atoms with E-state index in [4.69, 9.17) is 0 Å². The van der Waals surface area contributed by atoms with Crippen LogP contribution in [0.5, 0.6) is 0 Å². The SMILES string of the molecule is CCc1ccccc1S(=O)(=O)C(F)(F)F. The van der Waals surface area contributed by atoms with Crippen molar-refractivity contribution in [1.29, 1.82) is 0 Å². The maximum atomic E-state index is 12.2. The summed E-state index contributed by atoms with van der Waals surface area (Å²) in [6.45, 7) is 1.60. The molecule has 0 saturated heterocycles. The number of benzene rings is 1. The third-order valence-corrected chi connectivity index (χ3v) is 3.53. The van der Waals surface area contributed by atoms with Crippen molar-refractivity contribution in [2.45, 2.75) is 23.7 Å². The van der Waals surface area contributed by atoms with Crippen molar-refractivity contribution in [3.8, 4) is 0 Å². The first-order chi connectivity index (χ1) is 6.80. The molecule has 0 heterocycles. The number of hydrogen-bond donors (Lipinski definition) is 0. The van der Waals surface area contributed by atoms with E-state index in [9.17, 15) is 21.6 Å². The van der Waals surface area contributed by atoms with Crippen molar-refractivity contribution < 1.29 is 21.6 Å². The van der Waals surface area contributed by atoms with Crippen molar-refractivity contribution in [1.82, 2.24) is 0 Å². The molecular formula is C9H9F3O2S. The first-order valence-electron chi connectivity index (χ1n) is 4.20. The summed E-state index contributed by atoms with van der Waals surface area (Å²) in [5, 5.41) is 0. The summed E-state index contributed by atoms with van der Waals surface area (Å²) >= 11 is 0. The Morgan fingerprint density at radius 1 is 1.20 bits per heavy atom. The van der Waals surface area contributed by atoms with Crippen LogP contribution in [0.15, 0.2) is 29.2 Å². The van der Waals surface area contributed by atoms with Crippen LogP contribution in [-0.2, 0) is 16.3 Å². The monoisotopic (exact) mass is 238 g/mol. The van der Waals surface area contributed by atoms with Gasteiger partial charge < -0.3 is 0 Å². The van der Waals surface area contributed by atoms with E-state index in [-0.39, 0.29) is 12.0 Å². The van der Waals surface area contributed by atoms with Crippen molar-refractivity contribution in [3.63, 3.8) is 0 Å². The highest BCUT2D eigenvalue weighted by atomic mass is 32.2. The van der Waals surface area contributed by atoms with E-state index >= 15 is 0 Å². The second kappa shape index (κ2) is 3.84. The molecule has 0 aliphatic heterocycles. The fraction of sp³-hybridized carbons (Fsp3) is 0.333. The second-order valence-electron chi connectivity index (χ2n) is 2.91. The maximum absolute atomic E-state index is 12.2. The lowest BCUT2D eigenvalue weighted by molar-refractivity contribution is -0.0436. The topological polar surface area (TPSA) is 34.1 Å². The van der Waals surface area contributed by atoms with Crippen molar-refractivity contribution >= 4 is 9.84 Å². The molecule has 0 radical (unpaired) electrons. The van der Waals surface area contributed by atoms with Crippen LogP contribution in [0, 0.1) is 0 Å². The van der Waals surface area contributed by atoms with E-state index in [0.29, 0.717) is 0 Å². The molecule has 0 bridgehead atoms. The van der Waals surface area contributed by atoms with Gasteiger partial charge in [0.05, 0.1) is 4.90 Å². The fourth-order valence-electron chi connectivity index (χ4n) is 1.18. The van der Waals surface area contributed by atoms with E-state index < -0.39 is 20.2 Å². The maximum Gasteiger partial charge on any atom is 0.501 e. The summed E-state index contributed by atoms with van der Waals surface area (Å²) in [6, 6.07) is 5.13. The predicted octanol–water partition coefficient (Wildman–Crippen LogP) is 2.54. The molecule has 0 aliphatic carbocycles. The Morgan fingerprint density at radius 2 is 1.73 bits per heavy atom. The van der Waals surface area contributed by atoms with Crippen LogP contribution in [0.4, 0.5) is 13.2 Å². The molecule has 84 valence electrons. The zero-order valence-electron chi connectivity index (χ0n) is 7.88. The lowest BCUT2D eigenvalue weighted by Crippen LogP contribution is -2.24. The van der Waals surface area contributed by atoms with Crippen LogP contribution in [0.25, 0.3) is 0 Å². The average molecular weight is 238 g/mol. The molecule has 0 N–H and O–H groups in total. The van der Waals surface area contributed by atoms with E-state index in [1.165, 1.54) is 18.2 Å². The molecule has 0 amide bonds. The van der Waals surface area contributed by atoms with E-state index in [2.05, 4.69) is 0 Å². The number of aryl methyl sites for hydroxylation is 1. The molecule has 0 unspecified atom stereocenters. The van der Waals surface area contributed by atoms with E-state index in [1.54, 1.807) is 6.92 Å². The van der Waals surface area contributed by atoms with Gasteiger partial charge in [0.15, 0.2) is 0 Å². The minimum atomic E-state index is -5.24. The molecule has 1 aromatic carbocycles. The number of alkyl halides is 3. The van der Waals surface area contributed by atoms with Gasteiger partial charge in [-0.15, -0.1) is 0 Å². The first kappa shape index (κ1) is 12.0. The predicted molar refractivity (Wildman–Crippen MR) is 49.1 cm³/mol. The molecule has 1 rings (SSSR count). The number of rotatable bonds is 2. The quantitative estimate of drug-likeness (QED) is 0.793. The highest BCUT2D eigenvalue weighted by molar-refractivity contribution is 7.92. The van der Waals surface area contributed by atoms with E-state index in [0.717, 1.165) is 6.07 Å². The number of sulfone groups is 1. The Kier molecular flexibility index (Phi) is 3.08. The highest BCUT2D eigenvalue weighted by Crippen LogP contribution is 2.32. The first-order valence-corrected chi connectivity index (χ1v) is 5.68. The van der Waals surface area contributed by atoms with Gasteiger partial charge in [0.1, 0.15) is 0 Å². The van der Waals surface area contributed by atoms with Crippen LogP contribution in [0.2, 0.25) is 0 Å².